The van der Waals surface area contributed by atoms with Gasteiger partial charge in [-0.25, -0.2) is 0 Å². The first-order valence-electron chi connectivity index (χ1n) is 11.9. The van der Waals surface area contributed by atoms with Crippen LogP contribution in [0.1, 0.15) is 30.3 Å². The number of nitrogens with zero attached hydrogens (tertiary/aromatic N) is 6. The van der Waals surface area contributed by atoms with Crippen LogP contribution in [0.4, 0.5) is 5.69 Å². The lowest BCUT2D eigenvalue weighted by atomic mass is 9.75. The van der Waals surface area contributed by atoms with Crippen LogP contribution >= 0.6 is 0 Å². The van der Waals surface area contributed by atoms with Gasteiger partial charge in [-0.1, -0.05) is 17.3 Å². The Morgan fingerprint density at radius 2 is 1.91 bits per heavy atom. The van der Waals surface area contributed by atoms with E-state index in [-0.39, 0.29) is 11.7 Å². The standard InChI is InChI=1S/C24H32N6O3/c1-17(31)21-16-30(26-25-21)14-19-13-18-7-8-29(19)15-20(18)24(32)28-11-9-27(10-12-28)22-5-3-4-6-23(22)33-2/h3-6,16,18-20H,7-15H2,1-2H3. The number of aromatic nitrogens is 3. The Bertz CT molecular complexity index is 1020. The summed E-state index contributed by atoms with van der Waals surface area (Å²) in [4.78, 5) is 31.7. The van der Waals surface area contributed by atoms with Crippen LogP contribution in [-0.2, 0) is 11.3 Å². The van der Waals surface area contributed by atoms with Crippen molar-refractivity contribution in [1.82, 2.24) is 24.8 Å². The van der Waals surface area contributed by atoms with E-state index in [1.54, 1.807) is 18.0 Å². The number of methoxy groups -OCH3 is 1. The molecule has 0 N–H and O–H groups in total. The van der Waals surface area contributed by atoms with Crippen LogP contribution in [0.3, 0.4) is 0 Å². The molecule has 1 aromatic heterocycles. The monoisotopic (exact) mass is 452 g/mol. The topological polar surface area (TPSA) is 83.8 Å². The molecular weight excluding hydrogens is 420 g/mol. The summed E-state index contributed by atoms with van der Waals surface area (Å²) >= 11 is 0. The zero-order chi connectivity index (χ0) is 22.9. The maximum atomic E-state index is 13.4. The molecule has 9 nitrogen and oxygen atoms in total. The van der Waals surface area contributed by atoms with E-state index < -0.39 is 0 Å². The van der Waals surface area contributed by atoms with Crippen LogP contribution in [0.5, 0.6) is 5.75 Å². The number of amides is 1. The predicted molar refractivity (Wildman–Crippen MR) is 123 cm³/mol. The van der Waals surface area contributed by atoms with Crippen molar-refractivity contribution in [2.75, 3.05) is 51.3 Å². The van der Waals surface area contributed by atoms with Gasteiger partial charge in [0.2, 0.25) is 5.91 Å². The first kappa shape index (κ1) is 21.9. The lowest BCUT2D eigenvalue weighted by molar-refractivity contribution is -0.144. The largest absolute Gasteiger partial charge is 0.495 e. The number of benzene rings is 1. The fraction of sp³-hybridized carbons (Fsp3) is 0.583. The quantitative estimate of drug-likeness (QED) is 0.615. The fourth-order valence-corrected chi connectivity index (χ4v) is 5.67. The highest BCUT2D eigenvalue weighted by Gasteiger charge is 2.44. The molecule has 4 saturated heterocycles. The van der Waals surface area contributed by atoms with Crippen molar-refractivity contribution in [3.05, 3.63) is 36.2 Å². The molecule has 4 unspecified atom stereocenters. The van der Waals surface area contributed by atoms with Gasteiger partial charge >= 0.3 is 0 Å². The van der Waals surface area contributed by atoms with E-state index in [1.165, 1.54) is 6.92 Å². The highest BCUT2D eigenvalue weighted by Crippen LogP contribution is 2.38. The Morgan fingerprint density at radius 3 is 2.58 bits per heavy atom. The zero-order valence-corrected chi connectivity index (χ0v) is 19.4. The predicted octanol–water partition coefficient (Wildman–Crippen LogP) is 1.55. The molecule has 0 saturated carbocycles. The van der Waals surface area contributed by atoms with Crippen LogP contribution in [0, 0.1) is 11.8 Å². The van der Waals surface area contributed by atoms with Crippen molar-refractivity contribution in [3.63, 3.8) is 0 Å². The number of fused-ring (bicyclic) bond motifs is 3. The number of piperidine rings is 3. The molecule has 4 aliphatic heterocycles. The van der Waals surface area contributed by atoms with Crippen molar-refractivity contribution in [1.29, 1.82) is 0 Å². The van der Waals surface area contributed by atoms with E-state index in [4.69, 9.17) is 4.74 Å². The maximum absolute atomic E-state index is 13.4. The molecule has 4 fully saturated rings. The molecule has 1 amide bonds. The molecule has 1 aromatic carbocycles. The van der Waals surface area contributed by atoms with Gasteiger partial charge < -0.3 is 14.5 Å². The molecule has 2 aromatic rings. The Labute approximate surface area is 194 Å². The molecule has 4 atom stereocenters. The summed E-state index contributed by atoms with van der Waals surface area (Å²) in [5.41, 5.74) is 1.50. The van der Waals surface area contributed by atoms with Crippen LogP contribution in [0.25, 0.3) is 0 Å². The van der Waals surface area contributed by atoms with E-state index >= 15 is 0 Å². The number of Topliss-reactive ketones (excluding diaryl/α,β-unsaturated/α-hetero) is 1. The van der Waals surface area contributed by atoms with Crippen molar-refractivity contribution in [3.8, 4) is 5.75 Å². The van der Waals surface area contributed by atoms with Gasteiger partial charge in [0.1, 0.15) is 11.4 Å². The third-order valence-corrected chi connectivity index (χ3v) is 7.51. The number of rotatable bonds is 6. The summed E-state index contributed by atoms with van der Waals surface area (Å²) in [6, 6.07) is 8.42. The van der Waals surface area contributed by atoms with Gasteiger partial charge in [-0.05, 0) is 37.4 Å². The molecule has 5 heterocycles. The highest BCUT2D eigenvalue weighted by atomic mass is 16.5. The zero-order valence-electron chi connectivity index (χ0n) is 19.4. The first-order valence-corrected chi connectivity index (χ1v) is 11.9. The molecular formula is C24H32N6O3. The van der Waals surface area contributed by atoms with E-state index in [9.17, 15) is 9.59 Å². The van der Waals surface area contributed by atoms with Crippen molar-refractivity contribution in [2.24, 2.45) is 11.8 Å². The molecule has 6 rings (SSSR count). The third-order valence-electron chi connectivity index (χ3n) is 7.51. The molecule has 9 heteroatoms. The fourth-order valence-electron chi connectivity index (χ4n) is 5.67. The minimum atomic E-state index is -0.0665. The Morgan fingerprint density at radius 1 is 1.12 bits per heavy atom. The number of hydrogen-bond acceptors (Lipinski definition) is 7. The number of ether oxygens (including phenoxy) is 1. The Hall–Kier alpha value is -2.94. The van der Waals surface area contributed by atoms with Crippen molar-refractivity contribution < 1.29 is 14.3 Å². The Kier molecular flexibility index (Phi) is 6.05. The van der Waals surface area contributed by atoms with Gasteiger partial charge in [-0.15, -0.1) is 5.10 Å². The summed E-state index contributed by atoms with van der Waals surface area (Å²) in [6.07, 6.45) is 3.80. The SMILES string of the molecule is COc1ccccc1N1CCN(C(=O)C2CN3CCC2CC3Cn2cc(C(C)=O)nn2)CC1. The number of anilines is 1. The second-order valence-electron chi connectivity index (χ2n) is 9.41. The first-order chi connectivity index (χ1) is 16.0. The smallest absolute Gasteiger partial charge is 0.227 e. The van der Waals surface area contributed by atoms with Gasteiger partial charge in [-0.2, -0.15) is 0 Å². The average molecular weight is 453 g/mol. The number of ketones is 1. The summed E-state index contributed by atoms with van der Waals surface area (Å²) in [7, 11) is 1.70. The van der Waals surface area contributed by atoms with Crippen molar-refractivity contribution in [2.45, 2.75) is 32.4 Å². The summed E-state index contributed by atoms with van der Waals surface area (Å²) in [6.45, 7) is 7.19. The summed E-state index contributed by atoms with van der Waals surface area (Å²) in [5.74, 6) is 1.61. The molecule has 0 spiro atoms. The number of carbonyl (C=O) groups is 2. The second-order valence-corrected chi connectivity index (χ2v) is 9.41. The molecule has 0 radical (unpaired) electrons. The number of hydrogen-bond donors (Lipinski definition) is 0. The van der Waals surface area contributed by atoms with Gasteiger partial charge in [0.15, 0.2) is 5.78 Å². The van der Waals surface area contributed by atoms with Crippen LogP contribution in [0.15, 0.2) is 30.5 Å². The minimum Gasteiger partial charge on any atom is -0.495 e. The van der Waals surface area contributed by atoms with E-state index in [1.807, 2.05) is 18.2 Å². The molecule has 4 aliphatic rings. The van der Waals surface area contributed by atoms with E-state index in [0.29, 0.717) is 23.6 Å². The molecule has 33 heavy (non-hydrogen) atoms. The summed E-state index contributed by atoms with van der Waals surface area (Å²) in [5, 5.41) is 8.08. The molecule has 0 aliphatic carbocycles. The normalized spacial score (nSPS) is 27.0. The van der Waals surface area contributed by atoms with Crippen LogP contribution in [-0.4, -0.2) is 88.9 Å². The van der Waals surface area contributed by atoms with E-state index in [2.05, 4.69) is 31.1 Å². The minimum absolute atomic E-state index is 0.0665. The number of carbonyl (C=O) groups excluding carboxylic acids is 2. The average Bonchev–Trinajstić information content (AvgIpc) is 3.33. The highest BCUT2D eigenvalue weighted by molar-refractivity contribution is 5.91. The number of piperazine rings is 1. The van der Waals surface area contributed by atoms with Crippen molar-refractivity contribution >= 4 is 17.4 Å². The molecule has 176 valence electrons. The van der Waals surface area contributed by atoms with Crippen LogP contribution < -0.4 is 9.64 Å². The van der Waals surface area contributed by atoms with Crippen LogP contribution in [0.2, 0.25) is 0 Å². The second kappa shape index (κ2) is 9.13. The van der Waals surface area contributed by atoms with Gasteiger partial charge in [0.05, 0.1) is 31.5 Å². The Balaban J connectivity index is 1.18. The number of para-hydroxylation sites is 2. The van der Waals surface area contributed by atoms with E-state index in [0.717, 1.165) is 70.1 Å². The lowest BCUT2D eigenvalue weighted by Crippen LogP contribution is -2.60. The molecule has 2 bridgehead atoms. The van der Waals surface area contributed by atoms with Gasteiger partial charge in [0.25, 0.3) is 0 Å². The third kappa shape index (κ3) is 4.34. The van der Waals surface area contributed by atoms with Gasteiger partial charge in [-0.3, -0.25) is 19.2 Å². The summed E-state index contributed by atoms with van der Waals surface area (Å²) < 4.78 is 7.29. The van der Waals surface area contributed by atoms with Gasteiger partial charge in [0, 0.05) is 45.7 Å². The maximum Gasteiger partial charge on any atom is 0.227 e. The lowest BCUT2D eigenvalue weighted by Gasteiger charge is -2.50.